The number of rotatable bonds is 5. The monoisotopic (exact) mass is 368 g/mol. The average Bonchev–Trinajstić information content (AvgIpc) is 2.92. The Morgan fingerprint density at radius 2 is 1.88 bits per heavy atom. The number of anilines is 1. The van der Waals surface area contributed by atoms with Gasteiger partial charge in [0.25, 0.3) is 0 Å². The number of aromatic hydroxyl groups is 1. The van der Waals surface area contributed by atoms with Gasteiger partial charge in [0.05, 0.1) is 17.2 Å². The maximum atomic E-state index is 12.6. The SMILES string of the molecule is O=C([O-])C[C@@H]1S/C(=N\N=C/c2ccccc2)N(c2ccc(O)cc2)C1=O. The maximum Gasteiger partial charge on any atom is 0.247 e. The number of aliphatic carboxylic acids is 1. The van der Waals surface area contributed by atoms with Gasteiger partial charge in [0, 0.05) is 12.4 Å². The predicted molar refractivity (Wildman–Crippen MR) is 98.1 cm³/mol. The Bertz CT molecular complexity index is 866. The summed E-state index contributed by atoms with van der Waals surface area (Å²) in [6.45, 7) is 0. The second-order valence-electron chi connectivity index (χ2n) is 5.41. The standard InChI is InChI=1S/C18H15N3O4S/c22-14-8-6-13(7-9-14)21-17(25)15(10-16(23)24)26-18(21)20-19-11-12-4-2-1-3-5-12/h1-9,11,15,22H,10H2,(H,23,24)/p-1/b19-11-,20-18-/t15-/m0/s1. The van der Waals surface area contributed by atoms with Crippen molar-refractivity contribution in [2.24, 2.45) is 10.2 Å². The molecule has 0 radical (unpaired) electrons. The Morgan fingerprint density at radius 3 is 2.54 bits per heavy atom. The van der Waals surface area contributed by atoms with Crippen LogP contribution in [0.25, 0.3) is 0 Å². The van der Waals surface area contributed by atoms with Crippen LogP contribution < -0.4 is 10.0 Å². The predicted octanol–water partition coefficient (Wildman–Crippen LogP) is 1.37. The zero-order valence-corrected chi connectivity index (χ0v) is 14.3. The van der Waals surface area contributed by atoms with Gasteiger partial charge >= 0.3 is 0 Å². The van der Waals surface area contributed by atoms with Gasteiger partial charge in [0.15, 0.2) is 5.17 Å². The van der Waals surface area contributed by atoms with E-state index in [2.05, 4.69) is 10.2 Å². The summed E-state index contributed by atoms with van der Waals surface area (Å²) in [4.78, 5) is 24.8. The number of hydrogen-bond acceptors (Lipinski definition) is 7. The summed E-state index contributed by atoms with van der Waals surface area (Å²) in [6, 6.07) is 15.3. The Hall–Kier alpha value is -3.13. The van der Waals surface area contributed by atoms with Crippen LogP contribution in [-0.2, 0) is 9.59 Å². The third-order valence-electron chi connectivity index (χ3n) is 3.54. The summed E-state index contributed by atoms with van der Waals surface area (Å²) in [5.41, 5.74) is 1.31. The lowest BCUT2D eigenvalue weighted by atomic mass is 10.2. The van der Waals surface area contributed by atoms with E-state index in [4.69, 9.17) is 0 Å². The normalized spacial score (nSPS) is 18.8. The number of carboxylic acids is 1. The molecule has 8 heteroatoms. The highest BCUT2D eigenvalue weighted by Crippen LogP contribution is 2.34. The van der Waals surface area contributed by atoms with E-state index in [0.717, 1.165) is 17.3 Å². The highest BCUT2D eigenvalue weighted by molar-refractivity contribution is 8.16. The summed E-state index contributed by atoms with van der Waals surface area (Å²) < 4.78 is 0. The van der Waals surface area contributed by atoms with Crippen LogP contribution >= 0.6 is 11.8 Å². The lowest BCUT2D eigenvalue weighted by Gasteiger charge is -2.16. The fraction of sp³-hybridized carbons (Fsp3) is 0.111. The Balaban J connectivity index is 1.90. The molecule has 3 rings (SSSR count). The van der Waals surface area contributed by atoms with Crippen molar-refractivity contribution in [2.45, 2.75) is 11.7 Å². The Labute approximate surface area is 153 Å². The minimum Gasteiger partial charge on any atom is -0.550 e. The zero-order chi connectivity index (χ0) is 18.5. The minimum absolute atomic E-state index is 0.0555. The molecule has 1 N–H and O–H groups in total. The number of phenolic OH excluding ortho intramolecular Hbond substituents is 1. The van der Waals surface area contributed by atoms with E-state index in [0.29, 0.717) is 5.69 Å². The topological polar surface area (TPSA) is 105 Å². The fourth-order valence-corrected chi connectivity index (χ4v) is 3.42. The molecular weight excluding hydrogens is 354 g/mol. The average molecular weight is 368 g/mol. The van der Waals surface area contributed by atoms with Crippen molar-refractivity contribution in [3.63, 3.8) is 0 Å². The number of nitrogens with zero attached hydrogens (tertiary/aromatic N) is 3. The van der Waals surface area contributed by atoms with Crippen molar-refractivity contribution < 1.29 is 19.8 Å². The van der Waals surface area contributed by atoms with E-state index in [1.807, 2.05) is 30.3 Å². The van der Waals surface area contributed by atoms with E-state index < -0.39 is 23.5 Å². The first-order chi connectivity index (χ1) is 12.5. The first-order valence-corrected chi connectivity index (χ1v) is 8.58. The molecule has 0 aromatic heterocycles. The van der Waals surface area contributed by atoms with Crippen LogP contribution in [0.1, 0.15) is 12.0 Å². The zero-order valence-electron chi connectivity index (χ0n) is 13.5. The van der Waals surface area contributed by atoms with Crippen LogP contribution in [0.3, 0.4) is 0 Å². The molecule has 2 aromatic carbocycles. The highest BCUT2D eigenvalue weighted by Gasteiger charge is 2.39. The number of amides is 1. The molecule has 1 heterocycles. The van der Waals surface area contributed by atoms with Gasteiger partial charge < -0.3 is 15.0 Å². The van der Waals surface area contributed by atoms with Gasteiger partial charge in [0.1, 0.15) is 5.75 Å². The molecule has 2 aromatic rings. The molecule has 26 heavy (non-hydrogen) atoms. The fourth-order valence-electron chi connectivity index (χ4n) is 2.34. The van der Waals surface area contributed by atoms with Gasteiger partial charge in [-0.2, -0.15) is 5.10 Å². The summed E-state index contributed by atoms with van der Waals surface area (Å²) in [7, 11) is 0. The number of hydrogen-bond donors (Lipinski definition) is 1. The molecule has 1 atom stereocenters. The van der Waals surface area contributed by atoms with Crippen molar-refractivity contribution >= 4 is 40.7 Å². The highest BCUT2D eigenvalue weighted by atomic mass is 32.2. The number of thioether (sulfide) groups is 1. The molecule has 0 spiro atoms. The molecular formula is C18H14N3O4S-. The van der Waals surface area contributed by atoms with E-state index in [-0.39, 0.29) is 10.9 Å². The maximum absolute atomic E-state index is 12.6. The molecule has 1 aliphatic rings. The number of benzene rings is 2. The first kappa shape index (κ1) is 17.7. The van der Waals surface area contributed by atoms with Gasteiger partial charge in [-0.25, -0.2) is 0 Å². The van der Waals surface area contributed by atoms with E-state index in [1.54, 1.807) is 18.3 Å². The second kappa shape index (κ2) is 7.83. The molecule has 1 amide bonds. The third kappa shape index (κ3) is 4.09. The quantitative estimate of drug-likeness (QED) is 0.634. The van der Waals surface area contributed by atoms with Gasteiger partial charge in [0.2, 0.25) is 5.91 Å². The summed E-state index contributed by atoms with van der Waals surface area (Å²) in [5.74, 6) is -1.67. The number of carbonyl (C=O) groups excluding carboxylic acids is 2. The van der Waals surface area contributed by atoms with Crippen LogP contribution in [0.15, 0.2) is 64.8 Å². The van der Waals surface area contributed by atoms with Crippen molar-refractivity contribution in [3.05, 3.63) is 60.2 Å². The largest absolute Gasteiger partial charge is 0.550 e. The van der Waals surface area contributed by atoms with E-state index in [9.17, 15) is 19.8 Å². The van der Waals surface area contributed by atoms with Crippen LogP contribution in [0, 0.1) is 0 Å². The molecule has 0 saturated carbocycles. The smallest absolute Gasteiger partial charge is 0.247 e. The van der Waals surface area contributed by atoms with Crippen molar-refractivity contribution in [1.29, 1.82) is 0 Å². The number of phenols is 1. The minimum atomic E-state index is -1.31. The van der Waals surface area contributed by atoms with Crippen LogP contribution in [-0.4, -0.2) is 33.6 Å². The molecule has 1 aliphatic heterocycles. The summed E-state index contributed by atoms with van der Waals surface area (Å²) >= 11 is 1.02. The van der Waals surface area contributed by atoms with Crippen molar-refractivity contribution in [2.75, 3.05) is 4.90 Å². The van der Waals surface area contributed by atoms with Gasteiger partial charge in [-0.15, -0.1) is 5.10 Å². The van der Waals surface area contributed by atoms with Gasteiger partial charge in [-0.1, -0.05) is 42.1 Å². The second-order valence-corrected chi connectivity index (χ2v) is 6.58. The van der Waals surface area contributed by atoms with E-state index in [1.165, 1.54) is 17.0 Å². The van der Waals surface area contributed by atoms with Gasteiger partial charge in [-0.05, 0) is 29.8 Å². The van der Waals surface area contributed by atoms with E-state index >= 15 is 0 Å². The molecule has 7 nitrogen and oxygen atoms in total. The molecule has 132 valence electrons. The van der Waals surface area contributed by atoms with Crippen LogP contribution in [0.4, 0.5) is 5.69 Å². The van der Waals surface area contributed by atoms with Crippen LogP contribution in [0.2, 0.25) is 0 Å². The molecule has 1 saturated heterocycles. The van der Waals surface area contributed by atoms with Crippen molar-refractivity contribution in [1.82, 2.24) is 0 Å². The first-order valence-electron chi connectivity index (χ1n) is 7.70. The number of carbonyl (C=O) groups is 2. The van der Waals surface area contributed by atoms with Gasteiger partial charge in [-0.3, -0.25) is 9.69 Å². The molecule has 0 bridgehead atoms. The lowest BCUT2D eigenvalue weighted by molar-refractivity contribution is -0.305. The van der Waals surface area contributed by atoms with Crippen LogP contribution in [0.5, 0.6) is 5.75 Å². The third-order valence-corrected chi connectivity index (χ3v) is 4.67. The molecule has 0 unspecified atom stereocenters. The summed E-state index contributed by atoms with van der Waals surface area (Å²) in [6.07, 6.45) is 1.12. The Morgan fingerprint density at radius 1 is 1.19 bits per heavy atom. The van der Waals surface area contributed by atoms with Crippen molar-refractivity contribution in [3.8, 4) is 5.75 Å². The Kier molecular flexibility index (Phi) is 5.33. The number of amidine groups is 1. The summed E-state index contributed by atoms with van der Waals surface area (Å²) in [5, 5.41) is 27.8. The molecule has 1 fully saturated rings. The molecule has 0 aliphatic carbocycles. The lowest BCUT2D eigenvalue weighted by Crippen LogP contribution is -2.35. The number of carboxylic acid groups (broad SMARTS) is 1.